The fourth-order valence-corrected chi connectivity index (χ4v) is 11.6. The Balaban J connectivity index is 1.53. The molecule has 0 amide bonds. The molecule has 4 heteroatoms. The summed E-state index contributed by atoms with van der Waals surface area (Å²) in [5.74, 6) is 2.64. The quantitative estimate of drug-likeness (QED) is 0.344. The molecule has 4 nitrogen and oxygen atoms in total. The molecular formula is C32H50O4. The van der Waals surface area contributed by atoms with Crippen LogP contribution in [0.4, 0.5) is 0 Å². The maximum Gasteiger partial charge on any atom is 0.302 e. The van der Waals surface area contributed by atoms with E-state index in [0.717, 1.165) is 32.1 Å². The van der Waals surface area contributed by atoms with Crippen molar-refractivity contribution in [2.24, 2.45) is 56.7 Å². The molecule has 0 aromatic carbocycles. The lowest BCUT2D eigenvalue weighted by molar-refractivity contribution is -0.240. The fourth-order valence-electron chi connectivity index (χ4n) is 11.6. The molecule has 5 rings (SSSR count). The molecule has 202 valence electrons. The minimum absolute atomic E-state index is 0.0174. The second-order valence-electron chi connectivity index (χ2n) is 14.8. The molecule has 0 heterocycles. The van der Waals surface area contributed by atoms with Gasteiger partial charge in [0.15, 0.2) is 0 Å². The van der Waals surface area contributed by atoms with Crippen LogP contribution in [-0.4, -0.2) is 30.1 Å². The number of aliphatic hydroxyl groups is 1. The molecule has 0 bridgehead atoms. The van der Waals surface area contributed by atoms with Crippen LogP contribution in [0.2, 0.25) is 0 Å². The second-order valence-corrected chi connectivity index (χ2v) is 14.8. The lowest BCUT2D eigenvalue weighted by Crippen LogP contribution is -2.67. The van der Waals surface area contributed by atoms with E-state index in [1.165, 1.54) is 31.3 Å². The van der Waals surface area contributed by atoms with E-state index in [9.17, 15) is 14.7 Å². The highest BCUT2D eigenvalue weighted by Crippen LogP contribution is 2.77. The molecule has 10 unspecified atom stereocenters. The van der Waals surface area contributed by atoms with Crippen molar-refractivity contribution in [2.75, 3.05) is 13.2 Å². The van der Waals surface area contributed by atoms with Crippen molar-refractivity contribution < 1.29 is 19.4 Å². The van der Waals surface area contributed by atoms with Gasteiger partial charge in [-0.1, -0.05) is 39.8 Å². The monoisotopic (exact) mass is 498 g/mol. The maximum atomic E-state index is 13.0. The van der Waals surface area contributed by atoms with E-state index in [-0.39, 0.29) is 45.9 Å². The second kappa shape index (κ2) is 8.42. The average Bonchev–Trinajstić information content (AvgIpc) is 3.21. The van der Waals surface area contributed by atoms with E-state index in [4.69, 9.17) is 4.74 Å². The SMILES string of the molecule is C=C(C)C1CCC2(COC(C)=O)CCC3(C)C(CCC4C5(C)CCC(=O)C(C)(CO)C5CCC43C)C12. The van der Waals surface area contributed by atoms with Crippen LogP contribution in [0.5, 0.6) is 0 Å². The first kappa shape index (κ1) is 26.4. The fraction of sp³-hybridized carbons (Fsp3) is 0.875. The van der Waals surface area contributed by atoms with Gasteiger partial charge in [-0.3, -0.25) is 9.59 Å². The first-order valence-corrected chi connectivity index (χ1v) is 14.7. The van der Waals surface area contributed by atoms with Crippen LogP contribution in [0.3, 0.4) is 0 Å². The van der Waals surface area contributed by atoms with Crippen LogP contribution >= 0.6 is 0 Å². The minimum Gasteiger partial charge on any atom is -0.465 e. The molecule has 36 heavy (non-hydrogen) atoms. The van der Waals surface area contributed by atoms with Gasteiger partial charge >= 0.3 is 5.97 Å². The largest absolute Gasteiger partial charge is 0.465 e. The molecule has 5 aliphatic carbocycles. The van der Waals surface area contributed by atoms with Crippen LogP contribution in [0.15, 0.2) is 12.2 Å². The van der Waals surface area contributed by atoms with Gasteiger partial charge in [0.2, 0.25) is 0 Å². The average molecular weight is 499 g/mol. The molecule has 5 saturated carbocycles. The Morgan fingerprint density at radius 1 is 0.944 bits per heavy atom. The van der Waals surface area contributed by atoms with Crippen LogP contribution in [0.25, 0.3) is 0 Å². The summed E-state index contributed by atoms with van der Waals surface area (Å²) >= 11 is 0. The van der Waals surface area contributed by atoms with Crippen LogP contribution in [-0.2, 0) is 14.3 Å². The van der Waals surface area contributed by atoms with Crippen molar-refractivity contribution in [1.29, 1.82) is 0 Å². The van der Waals surface area contributed by atoms with Gasteiger partial charge in [-0.05, 0) is 111 Å². The van der Waals surface area contributed by atoms with E-state index in [1.54, 1.807) is 6.92 Å². The molecule has 0 aromatic heterocycles. The standard InChI is InChI=1S/C32H50O4/c1-20(2)22-10-15-32(19-36-21(3)34)17-16-30(6)23(27(22)32)8-9-25-28(4)13-12-26(35)29(5,18-33)24(28)11-14-31(25,30)7/h22-25,27,33H,1,8-19H2,2-7H3. The van der Waals surface area contributed by atoms with E-state index < -0.39 is 5.41 Å². The van der Waals surface area contributed by atoms with E-state index in [0.29, 0.717) is 36.7 Å². The summed E-state index contributed by atoms with van der Waals surface area (Å²) in [6.45, 7) is 18.5. The molecule has 0 radical (unpaired) electrons. The molecule has 5 aliphatic rings. The van der Waals surface area contributed by atoms with Gasteiger partial charge in [0.05, 0.1) is 18.6 Å². The summed E-state index contributed by atoms with van der Waals surface area (Å²) < 4.78 is 5.77. The summed E-state index contributed by atoms with van der Waals surface area (Å²) in [4.78, 5) is 24.9. The van der Waals surface area contributed by atoms with Crippen molar-refractivity contribution in [3.63, 3.8) is 0 Å². The Hall–Kier alpha value is -1.16. The summed E-state index contributed by atoms with van der Waals surface area (Å²) in [5, 5.41) is 10.4. The number of ether oxygens (including phenoxy) is 1. The number of rotatable bonds is 4. The third-order valence-electron chi connectivity index (χ3n) is 13.7. The van der Waals surface area contributed by atoms with E-state index >= 15 is 0 Å². The van der Waals surface area contributed by atoms with E-state index in [1.807, 2.05) is 6.92 Å². The molecule has 0 aromatic rings. The lowest BCUT2D eigenvalue weighted by Gasteiger charge is -2.72. The van der Waals surface area contributed by atoms with Crippen LogP contribution in [0.1, 0.15) is 106 Å². The highest BCUT2D eigenvalue weighted by molar-refractivity contribution is 5.86. The normalized spacial score (nSPS) is 52.0. The van der Waals surface area contributed by atoms with Crippen LogP contribution in [0, 0.1) is 56.7 Å². The Morgan fingerprint density at radius 3 is 2.31 bits per heavy atom. The molecule has 5 fully saturated rings. The first-order valence-electron chi connectivity index (χ1n) is 14.7. The first-order chi connectivity index (χ1) is 16.8. The van der Waals surface area contributed by atoms with Crippen molar-refractivity contribution in [2.45, 2.75) is 106 Å². The van der Waals surface area contributed by atoms with Crippen molar-refractivity contribution >= 4 is 11.8 Å². The molecule has 0 saturated heterocycles. The van der Waals surface area contributed by atoms with Gasteiger partial charge in [-0.25, -0.2) is 0 Å². The number of allylic oxidation sites excluding steroid dienone is 1. The highest BCUT2D eigenvalue weighted by Gasteiger charge is 2.71. The molecule has 10 atom stereocenters. The Morgan fingerprint density at radius 2 is 1.67 bits per heavy atom. The van der Waals surface area contributed by atoms with Crippen molar-refractivity contribution in [3.05, 3.63) is 12.2 Å². The topological polar surface area (TPSA) is 63.6 Å². The number of aliphatic hydroxyl groups excluding tert-OH is 1. The predicted molar refractivity (Wildman–Crippen MR) is 142 cm³/mol. The third-order valence-corrected chi connectivity index (χ3v) is 13.7. The number of fused-ring (bicyclic) bond motifs is 7. The Kier molecular flexibility index (Phi) is 6.18. The van der Waals surface area contributed by atoms with Crippen LogP contribution < -0.4 is 0 Å². The Labute approximate surface area is 219 Å². The maximum absolute atomic E-state index is 13.0. The number of carbonyl (C=O) groups excluding carboxylic acids is 2. The van der Waals surface area contributed by atoms with Gasteiger partial charge in [0, 0.05) is 18.8 Å². The number of ketones is 1. The molecule has 0 spiro atoms. The summed E-state index contributed by atoms with van der Waals surface area (Å²) in [6.07, 6.45) is 10.9. The van der Waals surface area contributed by atoms with Crippen molar-refractivity contribution in [3.8, 4) is 0 Å². The molecule has 0 aliphatic heterocycles. The summed E-state index contributed by atoms with van der Waals surface area (Å²) in [7, 11) is 0. The lowest BCUT2D eigenvalue weighted by atomic mass is 9.32. The number of carbonyl (C=O) groups is 2. The zero-order valence-electron chi connectivity index (χ0n) is 23.8. The van der Waals surface area contributed by atoms with Gasteiger partial charge < -0.3 is 9.84 Å². The summed E-state index contributed by atoms with van der Waals surface area (Å²) in [5.41, 5.74) is 1.35. The number of esters is 1. The van der Waals surface area contributed by atoms with Gasteiger partial charge in [0.1, 0.15) is 5.78 Å². The number of hydrogen-bond donors (Lipinski definition) is 1. The zero-order chi connectivity index (χ0) is 26.3. The third kappa shape index (κ3) is 3.27. The molecular weight excluding hydrogens is 448 g/mol. The summed E-state index contributed by atoms with van der Waals surface area (Å²) in [6, 6.07) is 0. The minimum atomic E-state index is -0.589. The Bertz CT molecular complexity index is 956. The van der Waals surface area contributed by atoms with E-state index in [2.05, 4.69) is 34.3 Å². The number of hydrogen-bond acceptors (Lipinski definition) is 4. The van der Waals surface area contributed by atoms with Gasteiger partial charge in [0.25, 0.3) is 0 Å². The number of Topliss-reactive ketones (excluding diaryl/α,β-unsaturated/α-hetero) is 1. The van der Waals surface area contributed by atoms with Gasteiger partial charge in [-0.2, -0.15) is 0 Å². The van der Waals surface area contributed by atoms with Gasteiger partial charge in [-0.15, -0.1) is 0 Å². The van der Waals surface area contributed by atoms with Crippen molar-refractivity contribution in [1.82, 2.24) is 0 Å². The predicted octanol–water partition coefficient (Wildman–Crippen LogP) is 6.75. The zero-order valence-corrected chi connectivity index (χ0v) is 23.8. The smallest absolute Gasteiger partial charge is 0.302 e. The highest BCUT2D eigenvalue weighted by atomic mass is 16.5. The molecule has 1 N–H and O–H groups in total.